The minimum atomic E-state index is 0.515. The molecule has 0 unspecified atom stereocenters. The second-order valence-corrected chi connectivity index (χ2v) is 6.68. The highest BCUT2D eigenvalue weighted by atomic mass is 16.5. The Morgan fingerprint density at radius 2 is 1.30 bits per heavy atom. The predicted molar refractivity (Wildman–Crippen MR) is 122 cm³/mol. The maximum atomic E-state index is 5.40. The summed E-state index contributed by atoms with van der Waals surface area (Å²) in [7, 11) is 3.49. The van der Waals surface area contributed by atoms with Crippen LogP contribution in [-0.2, 0) is 0 Å². The number of hydrogen-bond donors (Lipinski definition) is 0. The van der Waals surface area contributed by atoms with Crippen molar-refractivity contribution in [1.29, 1.82) is 0 Å². The van der Waals surface area contributed by atoms with Gasteiger partial charge >= 0.3 is 0 Å². The molecule has 0 aliphatic rings. The fraction of sp³-hybridized carbons (Fsp3) is 0.0800. The molecular weight excluding hydrogens is 372 g/mol. The molecule has 4 rings (SSSR count). The molecule has 0 aliphatic carbocycles. The fourth-order valence-corrected chi connectivity index (χ4v) is 3.07. The number of para-hydroxylation sites is 1. The zero-order valence-corrected chi connectivity index (χ0v) is 16.9. The third kappa shape index (κ3) is 4.36. The van der Waals surface area contributed by atoms with E-state index in [1.165, 1.54) is 0 Å². The summed E-state index contributed by atoms with van der Waals surface area (Å²) < 4.78 is 5.40. The zero-order chi connectivity index (χ0) is 20.8. The van der Waals surface area contributed by atoms with Gasteiger partial charge in [-0.2, -0.15) is 5.10 Å². The first-order valence-electron chi connectivity index (χ1n) is 9.65. The summed E-state index contributed by atoms with van der Waals surface area (Å²) in [4.78, 5) is 9.51. The van der Waals surface area contributed by atoms with Crippen LogP contribution in [-0.4, -0.2) is 30.3 Å². The van der Waals surface area contributed by atoms with Crippen LogP contribution < -0.4 is 9.75 Å². The highest BCUT2D eigenvalue weighted by molar-refractivity contribution is 5.84. The van der Waals surface area contributed by atoms with Crippen LogP contribution in [0.4, 0.5) is 5.95 Å². The number of hydrogen-bond acceptors (Lipinski definition) is 5. The van der Waals surface area contributed by atoms with Crippen molar-refractivity contribution in [3.05, 3.63) is 96.6 Å². The van der Waals surface area contributed by atoms with E-state index in [0.717, 1.165) is 33.8 Å². The SMILES string of the molecule is COc1ccccc1C=NN(C)c1nc(-c2ccccc2)cc(-c2ccccc2)n1. The van der Waals surface area contributed by atoms with Gasteiger partial charge < -0.3 is 4.74 Å². The predicted octanol–water partition coefficient (Wildman–Crippen LogP) is 5.29. The summed E-state index contributed by atoms with van der Waals surface area (Å²) >= 11 is 0. The molecule has 1 aromatic heterocycles. The molecule has 5 nitrogen and oxygen atoms in total. The molecule has 0 amide bonds. The minimum Gasteiger partial charge on any atom is -0.496 e. The van der Waals surface area contributed by atoms with Gasteiger partial charge in [-0.05, 0) is 18.2 Å². The molecule has 0 spiro atoms. The molecule has 148 valence electrons. The Balaban J connectivity index is 1.74. The summed E-state index contributed by atoms with van der Waals surface area (Å²) in [6.07, 6.45) is 1.75. The van der Waals surface area contributed by atoms with Gasteiger partial charge in [-0.1, -0.05) is 72.8 Å². The highest BCUT2D eigenvalue weighted by Gasteiger charge is 2.11. The Bertz CT molecular complexity index is 1090. The van der Waals surface area contributed by atoms with E-state index in [0.29, 0.717) is 5.95 Å². The monoisotopic (exact) mass is 394 g/mol. The van der Waals surface area contributed by atoms with Crippen LogP contribution in [0.15, 0.2) is 96.1 Å². The molecule has 0 saturated carbocycles. The summed E-state index contributed by atoms with van der Waals surface area (Å²) in [5.74, 6) is 1.28. The summed E-state index contributed by atoms with van der Waals surface area (Å²) in [5, 5.41) is 6.22. The van der Waals surface area contributed by atoms with E-state index in [2.05, 4.69) is 5.10 Å². The van der Waals surface area contributed by atoms with Crippen molar-refractivity contribution >= 4 is 12.2 Å². The molecule has 1 heterocycles. The van der Waals surface area contributed by atoms with E-state index >= 15 is 0 Å². The third-order valence-corrected chi connectivity index (χ3v) is 4.65. The van der Waals surface area contributed by atoms with Gasteiger partial charge in [0.2, 0.25) is 5.95 Å². The van der Waals surface area contributed by atoms with Crippen molar-refractivity contribution in [2.45, 2.75) is 0 Å². The molecular formula is C25H22N4O. The molecule has 0 atom stereocenters. The number of benzene rings is 3. The van der Waals surface area contributed by atoms with Crippen molar-refractivity contribution < 1.29 is 4.74 Å². The lowest BCUT2D eigenvalue weighted by Crippen LogP contribution is -2.13. The Morgan fingerprint density at radius 1 is 0.767 bits per heavy atom. The Labute approximate surface area is 176 Å². The van der Waals surface area contributed by atoms with Crippen LogP contribution >= 0.6 is 0 Å². The molecule has 0 aliphatic heterocycles. The molecule has 0 bridgehead atoms. The summed E-state index contributed by atoms with van der Waals surface area (Å²) in [5.41, 5.74) is 4.63. The number of aromatic nitrogens is 2. The van der Waals surface area contributed by atoms with E-state index in [1.807, 2.05) is 98.0 Å². The van der Waals surface area contributed by atoms with E-state index in [1.54, 1.807) is 18.3 Å². The quantitative estimate of drug-likeness (QED) is 0.329. The first-order chi connectivity index (χ1) is 14.7. The van der Waals surface area contributed by atoms with Gasteiger partial charge in [0, 0.05) is 23.7 Å². The minimum absolute atomic E-state index is 0.515. The van der Waals surface area contributed by atoms with Crippen LogP contribution in [0.2, 0.25) is 0 Å². The molecule has 0 saturated heterocycles. The van der Waals surface area contributed by atoms with Gasteiger partial charge in [0.15, 0.2) is 0 Å². The number of ether oxygens (including phenoxy) is 1. The summed E-state index contributed by atoms with van der Waals surface area (Å²) in [6.45, 7) is 0. The van der Waals surface area contributed by atoms with Crippen LogP contribution in [0, 0.1) is 0 Å². The standard InChI is InChI=1S/C25H22N4O/c1-29(26-18-21-15-9-10-16-24(21)30-2)25-27-22(19-11-5-3-6-12-19)17-23(28-25)20-13-7-4-8-14-20/h3-18H,1-2H3. The summed E-state index contributed by atoms with van der Waals surface area (Å²) in [6, 6.07) is 29.9. The van der Waals surface area contributed by atoms with Crippen LogP contribution in [0.1, 0.15) is 5.56 Å². The Hall–Kier alpha value is -3.99. The Kier molecular flexibility index (Phi) is 5.80. The van der Waals surface area contributed by atoms with E-state index < -0.39 is 0 Å². The van der Waals surface area contributed by atoms with E-state index in [-0.39, 0.29) is 0 Å². The van der Waals surface area contributed by atoms with Gasteiger partial charge in [0.25, 0.3) is 0 Å². The molecule has 3 aromatic carbocycles. The maximum Gasteiger partial charge on any atom is 0.247 e. The zero-order valence-electron chi connectivity index (χ0n) is 16.9. The number of methoxy groups -OCH3 is 1. The largest absolute Gasteiger partial charge is 0.496 e. The van der Waals surface area contributed by atoms with Gasteiger partial charge in [0.1, 0.15) is 5.75 Å². The maximum absolute atomic E-state index is 5.40. The average Bonchev–Trinajstić information content (AvgIpc) is 2.83. The number of nitrogens with zero attached hydrogens (tertiary/aromatic N) is 4. The van der Waals surface area contributed by atoms with Gasteiger partial charge in [-0.15, -0.1) is 0 Å². The molecule has 0 radical (unpaired) electrons. The van der Waals surface area contributed by atoms with Gasteiger partial charge in [-0.25, -0.2) is 15.0 Å². The Morgan fingerprint density at radius 3 is 1.87 bits per heavy atom. The third-order valence-electron chi connectivity index (χ3n) is 4.65. The smallest absolute Gasteiger partial charge is 0.247 e. The van der Waals surface area contributed by atoms with Crippen molar-refractivity contribution in [2.24, 2.45) is 5.10 Å². The topological polar surface area (TPSA) is 50.6 Å². The van der Waals surface area contributed by atoms with Crippen LogP contribution in [0.5, 0.6) is 5.75 Å². The highest BCUT2D eigenvalue weighted by Crippen LogP contribution is 2.26. The molecule has 5 heteroatoms. The lowest BCUT2D eigenvalue weighted by molar-refractivity contribution is 0.414. The fourth-order valence-electron chi connectivity index (χ4n) is 3.07. The van der Waals surface area contributed by atoms with Crippen molar-refractivity contribution in [3.8, 4) is 28.3 Å². The van der Waals surface area contributed by atoms with Crippen molar-refractivity contribution in [1.82, 2.24) is 9.97 Å². The van der Waals surface area contributed by atoms with E-state index in [4.69, 9.17) is 14.7 Å². The molecule has 0 fully saturated rings. The molecule has 4 aromatic rings. The first-order valence-corrected chi connectivity index (χ1v) is 9.65. The lowest BCUT2D eigenvalue weighted by atomic mass is 10.1. The van der Waals surface area contributed by atoms with Crippen molar-refractivity contribution in [3.63, 3.8) is 0 Å². The molecule has 30 heavy (non-hydrogen) atoms. The van der Waals surface area contributed by atoms with Crippen LogP contribution in [0.3, 0.4) is 0 Å². The molecule has 0 N–H and O–H groups in total. The lowest BCUT2D eigenvalue weighted by Gasteiger charge is -2.14. The second kappa shape index (κ2) is 9.01. The van der Waals surface area contributed by atoms with Crippen LogP contribution in [0.25, 0.3) is 22.5 Å². The number of rotatable bonds is 6. The van der Waals surface area contributed by atoms with Gasteiger partial charge in [-0.3, -0.25) is 0 Å². The first kappa shape index (κ1) is 19.3. The van der Waals surface area contributed by atoms with Gasteiger partial charge in [0.05, 0.1) is 24.7 Å². The normalized spacial score (nSPS) is 10.9. The number of anilines is 1. The van der Waals surface area contributed by atoms with E-state index in [9.17, 15) is 0 Å². The number of hydrazone groups is 1. The second-order valence-electron chi connectivity index (χ2n) is 6.68. The van der Waals surface area contributed by atoms with Crippen molar-refractivity contribution in [2.75, 3.05) is 19.2 Å². The average molecular weight is 394 g/mol.